The van der Waals surface area contributed by atoms with Crippen LogP contribution < -0.4 is 10.7 Å². The highest BCUT2D eigenvalue weighted by molar-refractivity contribution is 6.03. The van der Waals surface area contributed by atoms with Crippen molar-refractivity contribution in [2.75, 3.05) is 0 Å². The van der Waals surface area contributed by atoms with E-state index in [1.165, 1.54) is 0 Å². The van der Waals surface area contributed by atoms with Gasteiger partial charge in [0.2, 0.25) is 0 Å². The average Bonchev–Trinajstić information content (AvgIpc) is 2.57. The van der Waals surface area contributed by atoms with Crippen LogP contribution in [0.2, 0.25) is 0 Å². The van der Waals surface area contributed by atoms with Gasteiger partial charge in [0.15, 0.2) is 5.43 Å². The number of rotatable bonds is 0. The Morgan fingerprint density at radius 2 is 1.83 bits per heavy atom. The van der Waals surface area contributed by atoms with Gasteiger partial charge in [-0.3, -0.25) is 4.79 Å². The van der Waals surface area contributed by atoms with Crippen LogP contribution in [0, 0.1) is 0 Å². The lowest BCUT2D eigenvalue weighted by atomic mass is 10.1. The zero-order valence-electron chi connectivity index (χ0n) is 9.55. The molecule has 0 radical (unpaired) electrons. The molecule has 0 saturated heterocycles. The lowest BCUT2D eigenvalue weighted by Crippen LogP contribution is -2.02. The van der Waals surface area contributed by atoms with E-state index in [0.717, 1.165) is 27.5 Å². The molecule has 4 rings (SSSR count). The predicted molar refractivity (Wildman–Crippen MR) is 73.6 cm³/mol. The molecule has 3 heteroatoms. The molecule has 0 aliphatic carbocycles. The van der Waals surface area contributed by atoms with Gasteiger partial charge in [0.1, 0.15) is 0 Å². The molecule has 2 aromatic heterocycles. The third-order valence-corrected chi connectivity index (χ3v) is 3.43. The number of fused-ring (bicyclic) bond motifs is 3. The van der Waals surface area contributed by atoms with Crippen LogP contribution in [-0.2, 0) is 0 Å². The Morgan fingerprint density at radius 3 is 2.78 bits per heavy atom. The molecule has 0 unspecified atom stereocenters. The van der Waals surface area contributed by atoms with E-state index in [-0.39, 0.29) is 5.43 Å². The first-order valence-electron chi connectivity index (χ1n) is 5.85. The third-order valence-electron chi connectivity index (χ3n) is 3.43. The van der Waals surface area contributed by atoms with E-state index < -0.39 is 0 Å². The van der Waals surface area contributed by atoms with Crippen LogP contribution in [0.3, 0.4) is 0 Å². The Labute approximate surface area is 103 Å². The summed E-state index contributed by atoms with van der Waals surface area (Å²) >= 11 is 0. The van der Waals surface area contributed by atoms with Gasteiger partial charge in [-0.25, -0.2) is 0 Å². The van der Waals surface area contributed by atoms with Crippen molar-refractivity contribution in [3.63, 3.8) is 0 Å². The second-order valence-corrected chi connectivity index (χ2v) is 4.38. The van der Waals surface area contributed by atoms with Gasteiger partial charge in [0.25, 0.3) is 0 Å². The van der Waals surface area contributed by atoms with Crippen molar-refractivity contribution in [2.45, 2.75) is 0 Å². The Kier molecular flexibility index (Phi) is 1.70. The minimum atomic E-state index is 0.0758. The van der Waals surface area contributed by atoms with Crippen molar-refractivity contribution in [1.29, 1.82) is 0 Å². The highest BCUT2D eigenvalue weighted by Crippen LogP contribution is 2.30. The normalized spacial score (nSPS) is 13.8. The fraction of sp³-hybridized carbons (Fsp3) is 0. The summed E-state index contributed by atoms with van der Waals surface area (Å²) < 4.78 is 2.08. The van der Waals surface area contributed by atoms with E-state index in [1.807, 2.05) is 42.9 Å². The zero-order valence-corrected chi connectivity index (χ0v) is 9.55. The van der Waals surface area contributed by atoms with Gasteiger partial charge < -0.3 is 9.72 Å². The molecule has 86 valence electrons. The van der Waals surface area contributed by atoms with Crippen molar-refractivity contribution >= 4 is 28.4 Å². The van der Waals surface area contributed by atoms with Crippen LogP contribution in [0.15, 0.2) is 47.7 Å². The van der Waals surface area contributed by atoms with Crippen LogP contribution in [0.1, 0.15) is 11.3 Å². The van der Waals surface area contributed by atoms with Gasteiger partial charge in [-0.1, -0.05) is 12.1 Å². The zero-order chi connectivity index (χ0) is 12.1. The van der Waals surface area contributed by atoms with Gasteiger partial charge in [-0.05, 0) is 18.2 Å². The van der Waals surface area contributed by atoms with E-state index in [9.17, 15) is 4.79 Å². The third kappa shape index (κ3) is 1.06. The number of nitrogens with one attached hydrogen (secondary N) is 1. The molecule has 3 heterocycles. The molecule has 0 atom stereocenters. The monoisotopic (exact) mass is 234 g/mol. The summed E-state index contributed by atoms with van der Waals surface area (Å²) in [7, 11) is 0. The minimum Gasteiger partial charge on any atom is -0.368 e. The maximum absolute atomic E-state index is 11.9. The van der Waals surface area contributed by atoms with Gasteiger partial charge in [0.05, 0.1) is 11.2 Å². The SMILES string of the molecule is O=c1ccn2c3c(c4cccc1c42)C=CNC=C3. The number of hydrogen-bond donors (Lipinski definition) is 1. The van der Waals surface area contributed by atoms with Crippen LogP contribution >= 0.6 is 0 Å². The number of aromatic nitrogens is 1. The molecular weight excluding hydrogens is 224 g/mol. The summed E-state index contributed by atoms with van der Waals surface area (Å²) in [6.45, 7) is 0. The molecule has 3 nitrogen and oxygen atoms in total. The molecule has 0 fully saturated rings. The van der Waals surface area contributed by atoms with Crippen LogP contribution in [0.25, 0.3) is 28.4 Å². The quantitative estimate of drug-likeness (QED) is 0.648. The lowest BCUT2D eigenvalue weighted by molar-refractivity contribution is 1.17. The summed E-state index contributed by atoms with van der Waals surface area (Å²) in [6, 6.07) is 7.51. The molecule has 1 aliphatic rings. The van der Waals surface area contributed by atoms with Crippen LogP contribution in [0.4, 0.5) is 0 Å². The first-order chi connectivity index (χ1) is 8.86. The van der Waals surface area contributed by atoms with E-state index in [4.69, 9.17) is 0 Å². The van der Waals surface area contributed by atoms with Crippen LogP contribution in [-0.4, -0.2) is 4.40 Å². The number of benzene rings is 1. The Morgan fingerprint density at radius 1 is 1.00 bits per heavy atom. The fourth-order valence-corrected chi connectivity index (χ4v) is 2.65. The number of para-hydroxylation sites is 1. The maximum Gasteiger partial charge on any atom is 0.189 e. The first kappa shape index (κ1) is 9.48. The summed E-state index contributed by atoms with van der Waals surface area (Å²) in [5.41, 5.74) is 3.33. The first-order valence-corrected chi connectivity index (χ1v) is 5.85. The summed E-state index contributed by atoms with van der Waals surface area (Å²) in [6.07, 6.45) is 9.72. The Hall–Kier alpha value is -2.55. The molecular formula is C15H10N2O. The van der Waals surface area contributed by atoms with Gasteiger partial charge in [-0.15, -0.1) is 0 Å². The highest BCUT2D eigenvalue weighted by atomic mass is 16.1. The average molecular weight is 234 g/mol. The standard InChI is InChI=1S/C15H10N2O/c18-14-6-9-17-13-5-8-16-7-4-10(13)11-2-1-3-12(14)15(11)17/h1-9,16H. The van der Waals surface area contributed by atoms with Crippen molar-refractivity contribution in [3.8, 4) is 0 Å². The molecule has 0 saturated carbocycles. The Balaban J connectivity index is 2.37. The predicted octanol–water partition coefficient (Wildman–Crippen LogP) is 2.44. The van der Waals surface area contributed by atoms with Crippen molar-refractivity contribution < 1.29 is 0 Å². The minimum absolute atomic E-state index is 0.0758. The summed E-state index contributed by atoms with van der Waals surface area (Å²) in [4.78, 5) is 11.9. The van der Waals surface area contributed by atoms with E-state index in [2.05, 4.69) is 15.8 Å². The maximum atomic E-state index is 11.9. The topological polar surface area (TPSA) is 33.5 Å². The van der Waals surface area contributed by atoms with E-state index in [0.29, 0.717) is 0 Å². The van der Waals surface area contributed by atoms with Crippen molar-refractivity contribution in [3.05, 3.63) is 64.3 Å². The summed E-state index contributed by atoms with van der Waals surface area (Å²) in [5, 5.41) is 4.96. The number of nitrogens with zero attached hydrogens (tertiary/aromatic N) is 1. The number of hydrogen-bond acceptors (Lipinski definition) is 2. The molecule has 0 bridgehead atoms. The van der Waals surface area contributed by atoms with Gasteiger partial charge in [0, 0.05) is 41.0 Å². The molecule has 1 N–H and O–H groups in total. The van der Waals surface area contributed by atoms with E-state index >= 15 is 0 Å². The molecule has 1 aliphatic heterocycles. The largest absolute Gasteiger partial charge is 0.368 e. The van der Waals surface area contributed by atoms with E-state index in [1.54, 1.807) is 6.07 Å². The molecule has 0 spiro atoms. The molecule has 3 aromatic rings. The second-order valence-electron chi connectivity index (χ2n) is 4.38. The number of pyridine rings is 1. The summed E-state index contributed by atoms with van der Waals surface area (Å²) in [5.74, 6) is 0. The van der Waals surface area contributed by atoms with Crippen molar-refractivity contribution in [2.24, 2.45) is 0 Å². The molecule has 18 heavy (non-hydrogen) atoms. The fourth-order valence-electron chi connectivity index (χ4n) is 2.65. The van der Waals surface area contributed by atoms with Gasteiger partial charge in [-0.2, -0.15) is 0 Å². The molecule has 1 aromatic carbocycles. The highest BCUT2D eigenvalue weighted by Gasteiger charge is 2.14. The molecule has 0 amide bonds. The lowest BCUT2D eigenvalue weighted by Gasteiger charge is -2.00. The van der Waals surface area contributed by atoms with Crippen LogP contribution in [0.5, 0.6) is 0 Å². The smallest absolute Gasteiger partial charge is 0.189 e. The Bertz CT molecular complexity index is 840. The van der Waals surface area contributed by atoms with Crippen molar-refractivity contribution in [1.82, 2.24) is 9.72 Å². The van der Waals surface area contributed by atoms with Gasteiger partial charge >= 0.3 is 0 Å². The second kappa shape index (κ2) is 3.23.